The molecule has 0 unspecified atom stereocenters. The quantitative estimate of drug-likeness (QED) is 0.488. The third-order valence-corrected chi connectivity index (χ3v) is 7.36. The molecule has 0 atom stereocenters. The van der Waals surface area contributed by atoms with Gasteiger partial charge in [-0.2, -0.15) is 0 Å². The van der Waals surface area contributed by atoms with Crippen LogP contribution in [-0.2, 0) is 29.0 Å². The van der Waals surface area contributed by atoms with Crippen LogP contribution in [0.5, 0.6) is 0 Å². The molecule has 4 aromatic rings. The smallest absolute Gasteiger partial charge is 0.147 e. The van der Waals surface area contributed by atoms with Gasteiger partial charge in [-0.25, -0.2) is 15.0 Å². The predicted molar refractivity (Wildman–Crippen MR) is 130 cm³/mol. The number of rotatable bonds is 4. The molecule has 6 rings (SSSR count). The fourth-order valence-electron chi connectivity index (χ4n) is 4.63. The number of hydrogen-bond donors (Lipinski definition) is 1. The van der Waals surface area contributed by atoms with Gasteiger partial charge in [0, 0.05) is 36.7 Å². The molecule has 1 saturated heterocycles. The maximum absolute atomic E-state index is 6.23. The zero-order valence-electron chi connectivity index (χ0n) is 18.8. The molecule has 0 aliphatic carbocycles. The Morgan fingerprint density at radius 1 is 1.12 bits per heavy atom. The molecule has 4 aromatic heterocycles. The van der Waals surface area contributed by atoms with Gasteiger partial charge in [-0.15, -0.1) is 11.3 Å². The summed E-state index contributed by atoms with van der Waals surface area (Å²) in [5, 5.41) is 4.60. The lowest BCUT2D eigenvalue weighted by atomic mass is 9.90. The first-order valence-corrected chi connectivity index (χ1v) is 12.1. The number of morpholine rings is 1. The second kappa shape index (κ2) is 8.16. The van der Waals surface area contributed by atoms with Gasteiger partial charge < -0.3 is 19.7 Å². The van der Waals surface area contributed by atoms with E-state index in [2.05, 4.69) is 34.0 Å². The standard InChI is InChI=1S/C24H26N6O2S/c1-24(2)11-16-17(13-32-24)22(30-7-9-31-10-8-30)29-23-18(16)19-20(33-23)21(28-14-27-19)26-12-15-5-3-4-6-25-15/h3-6,14H,7-13H2,1-2H3,(H,26,27,28). The van der Waals surface area contributed by atoms with Crippen molar-refractivity contribution < 1.29 is 9.47 Å². The SMILES string of the molecule is CC1(C)Cc2c(c(N3CCOCC3)nc3sc4c(NCc5ccccn5)ncnc4c23)CO1. The van der Waals surface area contributed by atoms with E-state index < -0.39 is 0 Å². The highest BCUT2D eigenvalue weighted by Gasteiger charge is 2.33. The Bertz CT molecular complexity index is 1320. The topological polar surface area (TPSA) is 85.3 Å². The van der Waals surface area contributed by atoms with Crippen molar-refractivity contribution in [2.45, 2.75) is 39.0 Å². The molecule has 0 bridgehead atoms. The molecule has 1 N–H and O–H groups in total. The Kier molecular flexibility index (Phi) is 5.12. The van der Waals surface area contributed by atoms with Crippen LogP contribution >= 0.6 is 11.3 Å². The maximum Gasteiger partial charge on any atom is 0.147 e. The third-order valence-electron chi connectivity index (χ3n) is 6.28. The van der Waals surface area contributed by atoms with Crippen LogP contribution in [-0.4, -0.2) is 51.8 Å². The fourth-order valence-corrected chi connectivity index (χ4v) is 5.75. The van der Waals surface area contributed by atoms with Crippen molar-refractivity contribution in [1.29, 1.82) is 0 Å². The number of fused-ring (bicyclic) bond motifs is 5. The van der Waals surface area contributed by atoms with Crippen molar-refractivity contribution in [3.8, 4) is 0 Å². The second-order valence-corrected chi connectivity index (χ2v) is 10.1. The Hall–Kier alpha value is -2.88. The number of hydrogen-bond acceptors (Lipinski definition) is 9. The van der Waals surface area contributed by atoms with Gasteiger partial charge in [-0.1, -0.05) is 6.07 Å². The van der Waals surface area contributed by atoms with Gasteiger partial charge in [0.05, 0.1) is 47.9 Å². The summed E-state index contributed by atoms with van der Waals surface area (Å²) in [6.07, 6.45) is 4.27. The van der Waals surface area contributed by atoms with Crippen LogP contribution in [0.2, 0.25) is 0 Å². The zero-order chi connectivity index (χ0) is 22.4. The maximum atomic E-state index is 6.23. The van der Waals surface area contributed by atoms with Crippen molar-refractivity contribution in [3.05, 3.63) is 47.5 Å². The molecule has 2 aliphatic rings. The first kappa shape index (κ1) is 20.7. The summed E-state index contributed by atoms with van der Waals surface area (Å²) in [4.78, 5) is 22.2. The minimum atomic E-state index is -0.231. The van der Waals surface area contributed by atoms with Crippen molar-refractivity contribution >= 4 is 43.4 Å². The average molecular weight is 463 g/mol. The van der Waals surface area contributed by atoms with E-state index in [0.717, 1.165) is 70.5 Å². The summed E-state index contributed by atoms with van der Waals surface area (Å²) in [7, 11) is 0. The molecular formula is C24H26N6O2S. The van der Waals surface area contributed by atoms with Crippen molar-refractivity contribution in [2.24, 2.45) is 0 Å². The van der Waals surface area contributed by atoms with Gasteiger partial charge in [-0.05, 0) is 31.5 Å². The summed E-state index contributed by atoms with van der Waals surface area (Å²) in [5.74, 6) is 1.85. The Labute approximate surface area is 196 Å². The summed E-state index contributed by atoms with van der Waals surface area (Å²) in [6, 6.07) is 5.92. The predicted octanol–water partition coefficient (Wildman–Crippen LogP) is 3.93. The van der Waals surface area contributed by atoms with Crippen LogP contribution in [0, 0.1) is 0 Å². The second-order valence-electron chi connectivity index (χ2n) is 9.07. The van der Waals surface area contributed by atoms with E-state index >= 15 is 0 Å². The highest BCUT2D eigenvalue weighted by Crippen LogP contribution is 2.44. The molecule has 9 heteroatoms. The fraction of sp³-hybridized carbons (Fsp3) is 0.417. The van der Waals surface area contributed by atoms with Crippen LogP contribution in [0.15, 0.2) is 30.7 Å². The highest BCUT2D eigenvalue weighted by atomic mass is 32.1. The van der Waals surface area contributed by atoms with Gasteiger partial charge >= 0.3 is 0 Å². The van der Waals surface area contributed by atoms with E-state index in [4.69, 9.17) is 19.4 Å². The van der Waals surface area contributed by atoms with Gasteiger partial charge in [0.25, 0.3) is 0 Å². The van der Waals surface area contributed by atoms with Gasteiger partial charge in [0.1, 0.15) is 22.8 Å². The summed E-state index contributed by atoms with van der Waals surface area (Å²) >= 11 is 1.66. The van der Waals surface area contributed by atoms with Crippen LogP contribution < -0.4 is 10.2 Å². The van der Waals surface area contributed by atoms with E-state index in [1.807, 2.05) is 18.2 Å². The molecule has 33 heavy (non-hydrogen) atoms. The van der Waals surface area contributed by atoms with Crippen molar-refractivity contribution in [1.82, 2.24) is 19.9 Å². The third kappa shape index (κ3) is 3.80. The lowest BCUT2D eigenvalue weighted by molar-refractivity contribution is -0.0396. The summed E-state index contributed by atoms with van der Waals surface area (Å²) < 4.78 is 12.8. The number of nitrogens with one attached hydrogen (secondary N) is 1. The monoisotopic (exact) mass is 462 g/mol. The van der Waals surface area contributed by atoms with Crippen LogP contribution in [0.4, 0.5) is 11.6 Å². The Balaban J connectivity index is 1.50. The zero-order valence-corrected chi connectivity index (χ0v) is 19.6. The van der Waals surface area contributed by atoms with Gasteiger partial charge in [0.2, 0.25) is 0 Å². The number of pyridine rings is 2. The van der Waals surface area contributed by atoms with Crippen molar-refractivity contribution in [2.75, 3.05) is 36.5 Å². The molecule has 0 spiro atoms. The molecule has 0 amide bonds. The van der Waals surface area contributed by atoms with E-state index in [0.29, 0.717) is 13.2 Å². The van der Waals surface area contributed by atoms with Crippen molar-refractivity contribution in [3.63, 3.8) is 0 Å². The Morgan fingerprint density at radius 2 is 2.00 bits per heavy atom. The molecule has 0 radical (unpaired) electrons. The van der Waals surface area contributed by atoms with Crippen LogP contribution in [0.3, 0.4) is 0 Å². The minimum Gasteiger partial charge on any atom is -0.378 e. The first-order chi connectivity index (χ1) is 16.1. The highest BCUT2D eigenvalue weighted by molar-refractivity contribution is 7.26. The minimum absolute atomic E-state index is 0.231. The molecule has 2 aliphatic heterocycles. The molecule has 6 heterocycles. The molecule has 170 valence electrons. The van der Waals surface area contributed by atoms with E-state index in [1.54, 1.807) is 23.9 Å². The van der Waals surface area contributed by atoms with Crippen LogP contribution in [0.25, 0.3) is 20.4 Å². The summed E-state index contributed by atoms with van der Waals surface area (Å²) in [5.41, 5.74) is 4.19. The van der Waals surface area contributed by atoms with Gasteiger partial charge in [-0.3, -0.25) is 4.98 Å². The molecule has 1 fully saturated rings. The number of ether oxygens (including phenoxy) is 2. The number of aromatic nitrogens is 4. The van der Waals surface area contributed by atoms with Gasteiger partial charge in [0.15, 0.2) is 0 Å². The average Bonchev–Trinajstić information content (AvgIpc) is 3.22. The lowest BCUT2D eigenvalue weighted by Gasteiger charge is -2.36. The largest absolute Gasteiger partial charge is 0.378 e. The number of anilines is 2. The normalized spacial score (nSPS) is 17.9. The first-order valence-electron chi connectivity index (χ1n) is 11.3. The van der Waals surface area contributed by atoms with Crippen LogP contribution in [0.1, 0.15) is 30.7 Å². The van der Waals surface area contributed by atoms with E-state index in [1.165, 1.54) is 11.1 Å². The molecule has 8 nitrogen and oxygen atoms in total. The molecule has 0 aromatic carbocycles. The molecule has 0 saturated carbocycles. The molecular weight excluding hydrogens is 436 g/mol. The number of nitrogens with zero attached hydrogens (tertiary/aromatic N) is 5. The van der Waals surface area contributed by atoms with E-state index in [-0.39, 0.29) is 5.60 Å². The Morgan fingerprint density at radius 3 is 2.82 bits per heavy atom. The lowest BCUT2D eigenvalue weighted by Crippen LogP contribution is -2.39. The summed E-state index contributed by atoms with van der Waals surface area (Å²) in [6.45, 7) is 8.60. The number of thiophene rings is 1. The van der Waals surface area contributed by atoms with E-state index in [9.17, 15) is 0 Å².